The first-order chi connectivity index (χ1) is 11.7. The molecule has 0 fully saturated rings. The number of carbonyl (C=O) groups excluding carboxylic acids is 2. The van der Waals surface area contributed by atoms with Gasteiger partial charge in [0.2, 0.25) is 0 Å². The summed E-state index contributed by atoms with van der Waals surface area (Å²) in [7, 11) is 0. The highest BCUT2D eigenvalue weighted by Crippen LogP contribution is 2.32. The summed E-state index contributed by atoms with van der Waals surface area (Å²) in [6.45, 7) is 1.58. The van der Waals surface area contributed by atoms with Gasteiger partial charge in [-0.05, 0) is 42.3 Å². The van der Waals surface area contributed by atoms with Crippen LogP contribution in [0.25, 0.3) is 11.3 Å². The molecule has 0 amide bonds. The Labute approximate surface area is 139 Å². The van der Waals surface area contributed by atoms with E-state index in [0.29, 0.717) is 23.5 Å². The SMILES string of the molecule is CCc1cc2cccoc-2c1C(=O)OC(=O)COc1ccccc1. The molecule has 24 heavy (non-hydrogen) atoms. The van der Waals surface area contributed by atoms with Crippen LogP contribution in [0.1, 0.15) is 22.8 Å². The number of ether oxygens (including phenoxy) is 2. The lowest BCUT2D eigenvalue weighted by atomic mass is 10.1. The maximum atomic E-state index is 12.4. The first-order valence-electron chi connectivity index (χ1n) is 7.61. The van der Waals surface area contributed by atoms with Crippen molar-refractivity contribution >= 4 is 11.9 Å². The molecule has 0 bridgehead atoms. The van der Waals surface area contributed by atoms with E-state index in [9.17, 15) is 9.59 Å². The highest BCUT2D eigenvalue weighted by molar-refractivity contribution is 6.03. The van der Waals surface area contributed by atoms with E-state index in [-0.39, 0.29) is 6.61 Å². The molecule has 1 aromatic rings. The van der Waals surface area contributed by atoms with Crippen LogP contribution in [0.3, 0.4) is 0 Å². The normalized spacial score (nSPS) is 10.5. The van der Waals surface area contributed by atoms with Crippen molar-refractivity contribution < 1.29 is 23.5 Å². The quantitative estimate of drug-likeness (QED) is 0.529. The van der Waals surface area contributed by atoms with Crippen LogP contribution in [0.4, 0.5) is 0 Å². The zero-order valence-corrected chi connectivity index (χ0v) is 13.2. The molecule has 0 saturated carbocycles. The molecule has 1 aliphatic carbocycles. The number of benzene rings is 1. The molecule has 0 spiro atoms. The molecule has 122 valence electrons. The lowest BCUT2D eigenvalue weighted by Gasteiger charge is -2.07. The van der Waals surface area contributed by atoms with Crippen molar-refractivity contribution in [3.63, 3.8) is 0 Å². The van der Waals surface area contributed by atoms with Gasteiger partial charge in [-0.15, -0.1) is 0 Å². The third-order valence-electron chi connectivity index (χ3n) is 3.57. The molecular weight excluding hydrogens is 308 g/mol. The second-order valence-corrected chi connectivity index (χ2v) is 5.16. The molecule has 2 aliphatic rings. The number of hydrogen-bond acceptors (Lipinski definition) is 5. The highest BCUT2D eigenvalue weighted by Gasteiger charge is 2.26. The first-order valence-corrected chi connectivity index (χ1v) is 7.61. The van der Waals surface area contributed by atoms with Crippen LogP contribution in [0.2, 0.25) is 0 Å². The molecule has 1 aromatic carbocycles. The van der Waals surface area contributed by atoms with Gasteiger partial charge in [0.25, 0.3) is 0 Å². The number of carbonyl (C=O) groups is 2. The standard InChI is InChI=1S/C19H16O5/c1-2-13-11-14-7-6-10-22-18(14)17(13)19(21)24-16(20)12-23-15-8-4-3-5-9-15/h3-11H,2,12H2,1H3. The maximum Gasteiger partial charge on any atom is 0.352 e. The Hall–Kier alpha value is -3.08. The second-order valence-electron chi connectivity index (χ2n) is 5.16. The van der Waals surface area contributed by atoms with Crippen molar-refractivity contribution in [1.82, 2.24) is 0 Å². The molecule has 0 radical (unpaired) electrons. The third-order valence-corrected chi connectivity index (χ3v) is 3.57. The summed E-state index contributed by atoms with van der Waals surface area (Å²) < 4.78 is 15.6. The number of aryl methyl sites for hydroxylation is 1. The second kappa shape index (κ2) is 7.00. The van der Waals surface area contributed by atoms with E-state index < -0.39 is 11.9 Å². The molecule has 1 heterocycles. The highest BCUT2D eigenvalue weighted by atomic mass is 16.6. The number of esters is 2. The van der Waals surface area contributed by atoms with Crippen LogP contribution in [-0.2, 0) is 16.0 Å². The largest absolute Gasteiger partial charge is 0.482 e. The smallest absolute Gasteiger partial charge is 0.352 e. The lowest BCUT2D eigenvalue weighted by molar-refractivity contribution is -0.140. The molecule has 0 unspecified atom stereocenters. The monoisotopic (exact) mass is 324 g/mol. The molecule has 0 N–H and O–H groups in total. The van der Waals surface area contributed by atoms with Gasteiger partial charge in [0.15, 0.2) is 6.61 Å². The fourth-order valence-electron chi connectivity index (χ4n) is 2.46. The fourth-order valence-corrected chi connectivity index (χ4v) is 2.46. The molecule has 0 saturated heterocycles. The van der Waals surface area contributed by atoms with Gasteiger partial charge >= 0.3 is 11.9 Å². The van der Waals surface area contributed by atoms with Gasteiger partial charge in [-0.3, -0.25) is 0 Å². The van der Waals surface area contributed by atoms with E-state index >= 15 is 0 Å². The summed E-state index contributed by atoms with van der Waals surface area (Å²) in [4.78, 5) is 24.2. The Morgan fingerprint density at radius 1 is 1.08 bits per heavy atom. The van der Waals surface area contributed by atoms with Gasteiger partial charge < -0.3 is 13.9 Å². The van der Waals surface area contributed by atoms with E-state index in [2.05, 4.69) is 0 Å². The average Bonchev–Trinajstić information content (AvgIpc) is 2.99. The average molecular weight is 324 g/mol. The molecule has 0 atom stereocenters. The van der Waals surface area contributed by atoms with E-state index in [1.165, 1.54) is 6.26 Å². The van der Waals surface area contributed by atoms with Gasteiger partial charge in [0.1, 0.15) is 17.1 Å². The van der Waals surface area contributed by atoms with Crippen molar-refractivity contribution in [2.75, 3.05) is 6.61 Å². The summed E-state index contributed by atoms with van der Waals surface area (Å²) in [6.07, 6.45) is 2.11. The zero-order chi connectivity index (χ0) is 16.9. The van der Waals surface area contributed by atoms with Crippen LogP contribution in [-0.4, -0.2) is 18.5 Å². The topological polar surface area (TPSA) is 65.7 Å². The van der Waals surface area contributed by atoms with E-state index in [1.807, 2.05) is 25.1 Å². The minimum atomic E-state index is -0.754. The van der Waals surface area contributed by atoms with E-state index in [0.717, 1.165) is 11.1 Å². The third kappa shape index (κ3) is 3.30. The lowest BCUT2D eigenvalue weighted by Crippen LogP contribution is -2.20. The van der Waals surface area contributed by atoms with Crippen molar-refractivity contribution in [2.45, 2.75) is 13.3 Å². The van der Waals surface area contributed by atoms with Crippen LogP contribution < -0.4 is 4.74 Å². The Morgan fingerprint density at radius 2 is 1.88 bits per heavy atom. The maximum absolute atomic E-state index is 12.4. The predicted octanol–water partition coefficient (Wildman–Crippen LogP) is 3.71. The van der Waals surface area contributed by atoms with Crippen LogP contribution in [0.15, 0.2) is 59.2 Å². The van der Waals surface area contributed by atoms with E-state index in [1.54, 1.807) is 30.3 Å². The van der Waals surface area contributed by atoms with Gasteiger partial charge in [-0.25, -0.2) is 9.59 Å². The Kier molecular flexibility index (Phi) is 4.61. The van der Waals surface area contributed by atoms with Crippen LogP contribution >= 0.6 is 0 Å². The summed E-state index contributed by atoms with van der Waals surface area (Å²) in [5.41, 5.74) is 1.87. The minimum absolute atomic E-state index is 0.293. The molecule has 5 nitrogen and oxygen atoms in total. The summed E-state index contributed by atoms with van der Waals surface area (Å²) in [5, 5.41) is 0. The van der Waals surface area contributed by atoms with Crippen molar-refractivity contribution in [3.05, 3.63) is 65.9 Å². The van der Waals surface area contributed by atoms with Crippen molar-refractivity contribution in [1.29, 1.82) is 0 Å². The number of rotatable bonds is 5. The number of hydrogen-bond donors (Lipinski definition) is 0. The molecule has 0 aromatic heterocycles. The van der Waals surface area contributed by atoms with Crippen LogP contribution in [0, 0.1) is 0 Å². The summed E-state index contributed by atoms with van der Waals surface area (Å²) in [5.74, 6) is -0.518. The summed E-state index contributed by atoms with van der Waals surface area (Å²) in [6, 6.07) is 14.3. The fraction of sp³-hybridized carbons (Fsp3) is 0.158. The Bertz CT molecular complexity index is 819. The van der Waals surface area contributed by atoms with Crippen molar-refractivity contribution in [2.24, 2.45) is 0 Å². The molecular formula is C19H16O5. The Balaban J connectivity index is 1.70. The summed E-state index contributed by atoms with van der Waals surface area (Å²) >= 11 is 0. The molecule has 1 aliphatic heterocycles. The predicted molar refractivity (Wildman–Crippen MR) is 87.1 cm³/mol. The van der Waals surface area contributed by atoms with Crippen LogP contribution in [0.5, 0.6) is 5.75 Å². The van der Waals surface area contributed by atoms with E-state index in [4.69, 9.17) is 13.9 Å². The van der Waals surface area contributed by atoms with Gasteiger partial charge in [0, 0.05) is 5.56 Å². The van der Waals surface area contributed by atoms with Gasteiger partial charge in [-0.1, -0.05) is 25.1 Å². The molecule has 3 rings (SSSR count). The first kappa shape index (κ1) is 15.8. The number of para-hydroxylation sites is 1. The van der Waals surface area contributed by atoms with Gasteiger partial charge in [0.05, 0.1) is 6.26 Å². The number of fused-ring (bicyclic) bond motifs is 1. The zero-order valence-electron chi connectivity index (χ0n) is 13.2. The Morgan fingerprint density at radius 3 is 2.62 bits per heavy atom. The van der Waals surface area contributed by atoms with Crippen molar-refractivity contribution in [3.8, 4) is 17.1 Å². The molecule has 5 heteroatoms. The minimum Gasteiger partial charge on any atom is -0.482 e. The van der Waals surface area contributed by atoms with Gasteiger partial charge in [-0.2, -0.15) is 0 Å².